The quantitative estimate of drug-likeness (QED) is 0.635. The molecular weight excluding hydrogens is 168 g/mol. The van der Waals surface area contributed by atoms with Gasteiger partial charge in [-0.3, -0.25) is 9.78 Å². The molecular formula is C9H8N2O2. The van der Waals surface area contributed by atoms with Gasteiger partial charge in [0.05, 0.1) is 0 Å². The number of nitrogens with zero attached hydrogens (tertiary/aromatic N) is 2. The van der Waals surface area contributed by atoms with Crippen molar-refractivity contribution >= 4 is 5.97 Å². The van der Waals surface area contributed by atoms with Crippen LogP contribution in [-0.4, -0.2) is 11.0 Å². The first kappa shape index (κ1) is 9.20. The average molecular weight is 176 g/mol. The number of rotatable bonds is 2. The van der Waals surface area contributed by atoms with Crippen LogP contribution in [-0.2, 0) is 9.53 Å². The zero-order valence-electron chi connectivity index (χ0n) is 7.10. The van der Waals surface area contributed by atoms with Gasteiger partial charge in [0.2, 0.25) is 6.10 Å². The first-order valence-corrected chi connectivity index (χ1v) is 3.71. The van der Waals surface area contributed by atoms with Gasteiger partial charge in [-0.05, 0) is 6.07 Å². The lowest BCUT2D eigenvalue weighted by molar-refractivity contribution is -0.144. The topological polar surface area (TPSA) is 63.0 Å². The third-order valence-corrected chi connectivity index (χ3v) is 1.39. The molecule has 0 aromatic carbocycles. The minimum Gasteiger partial charge on any atom is -0.442 e. The highest BCUT2D eigenvalue weighted by atomic mass is 16.5. The molecule has 4 heteroatoms. The first-order chi connectivity index (χ1) is 6.24. The molecule has 0 radical (unpaired) electrons. The van der Waals surface area contributed by atoms with Crippen LogP contribution in [0.25, 0.3) is 0 Å². The number of hydrogen-bond acceptors (Lipinski definition) is 4. The number of aromatic nitrogens is 1. The Kier molecular flexibility index (Phi) is 2.98. The van der Waals surface area contributed by atoms with Crippen LogP contribution in [0.1, 0.15) is 18.6 Å². The van der Waals surface area contributed by atoms with Crippen LogP contribution in [0.5, 0.6) is 0 Å². The summed E-state index contributed by atoms with van der Waals surface area (Å²) in [6.45, 7) is 1.26. The number of nitriles is 1. The maximum atomic E-state index is 10.6. The molecule has 0 saturated heterocycles. The molecule has 0 aliphatic carbocycles. The van der Waals surface area contributed by atoms with E-state index in [9.17, 15) is 4.79 Å². The highest BCUT2D eigenvalue weighted by Crippen LogP contribution is 2.14. The summed E-state index contributed by atoms with van der Waals surface area (Å²) in [6, 6.07) is 5.23. The van der Waals surface area contributed by atoms with E-state index in [1.807, 2.05) is 6.07 Å². The molecule has 0 aliphatic rings. The fourth-order valence-electron chi connectivity index (χ4n) is 0.866. The summed E-state index contributed by atoms with van der Waals surface area (Å²) in [4.78, 5) is 14.4. The second-order valence-electron chi connectivity index (χ2n) is 2.40. The lowest BCUT2D eigenvalue weighted by Crippen LogP contribution is -2.06. The van der Waals surface area contributed by atoms with Crippen LogP contribution >= 0.6 is 0 Å². The highest BCUT2D eigenvalue weighted by molar-refractivity contribution is 5.66. The molecule has 13 heavy (non-hydrogen) atoms. The summed E-state index contributed by atoms with van der Waals surface area (Å²) in [5.74, 6) is -0.476. The van der Waals surface area contributed by atoms with Gasteiger partial charge in [0.25, 0.3) is 0 Å². The number of hydrogen-bond donors (Lipinski definition) is 0. The van der Waals surface area contributed by atoms with E-state index in [-0.39, 0.29) is 0 Å². The molecule has 1 aromatic heterocycles. The number of carbonyl (C=O) groups excluding carboxylic acids is 1. The van der Waals surface area contributed by atoms with Gasteiger partial charge < -0.3 is 4.74 Å². The smallest absolute Gasteiger partial charge is 0.304 e. The Morgan fingerprint density at radius 2 is 2.54 bits per heavy atom. The Hall–Kier alpha value is -1.89. The molecule has 0 bridgehead atoms. The fraction of sp³-hybridized carbons (Fsp3) is 0.222. The van der Waals surface area contributed by atoms with Gasteiger partial charge in [0.15, 0.2) is 0 Å². The molecule has 1 aromatic rings. The van der Waals surface area contributed by atoms with Gasteiger partial charge in [0, 0.05) is 24.9 Å². The van der Waals surface area contributed by atoms with E-state index in [1.54, 1.807) is 18.3 Å². The minimum atomic E-state index is -0.855. The molecule has 0 spiro atoms. The standard InChI is InChI=1S/C9H8N2O2/c1-7(12)13-9(5-10)8-3-2-4-11-6-8/h2-4,6,9H,1H3/t9-/m0/s1. The van der Waals surface area contributed by atoms with Crippen molar-refractivity contribution < 1.29 is 9.53 Å². The summed E-state index contributed by atoms with van der Waals surface area (Å²) in [5, 5.41) is 8.67. The van der Waals surface area contributed by atoms with Crippen molar-refractivity contribution in [1.82, 2.24) is 4.98 Å². The van der Waals surface area contributed by atoms with E-state index in [0.717, 1.165) is 0 Å². The van der Waals surface area contributed by atoms with Crippen molar-refractivity contribution in [2.24, 2.45) is 0 Å². The van der Waals surface area contributed by atoms with Gasteiger partial charge >= 0.3 is 5.97 Å². The Morgan fingerprint density at radius 1 is 1.77 bits per heavy atom. The largest absolute Gasteiger partial charge is 0.442 e. The summed E-state index contributed by atoms with van der Waals surface area (Å²) in [5.41, 5.74) is 0.584. The third kappa shape index (κ3) is 2.56. The predicted molar refractivity (Wildman–Crippen MR) is 44.4 cm³/mol. The van der Waals surface area contributed by atoms with E-state index in [4.69, 9.17) is 10.00 Å². The van der Waals surface area contributed by atoms with E-state index in [0.29, 0.717) is 5.56 Å². The Labute approximate surface area is 75.8 Å². The van der Waals surface area contributed by atoms with Crippen LogP contribution in [0.15, 0.2) is 24.5 Å². The summed E-state index contributed by atoms with van der Waals surface area (Å²) >= 11 is 0. The van der Waals surface area contributed by atoms with Crippen molar-refractivity contribution in [1.29, 1.82) is 5.26 Å². The highest BCUT2D eigenvalue weighted by Gasteiger charge is 2.12. The molecule has 66 valence electrons. The van der Waals surface area contributed by atoms with Gasteiger partial charge in [-0.25, -0.2) is 0 Å². The number of carbonyl (C=O) groups is 1. The first-order valence-electron chi connectivity index (χ1n) is 3.71. The molecule has 1 rings (SSSR count). The molecule has 0 fully saturated rings. The molecule has 0 saturated carbocycles. The van der Waals surface area contributed by atoms with Crippen molar-refractivity contribution in [3.8, 4) is 6.07 Å². The van der Waals surface area contributed by atoms with Crippen LogP contribution in [0.3, 0.4) is 0 Å². The number of esters is 1. The van der Waals surface area contributed by atoms with Crippen LogP contribution in [0, 0.1) is 11.3 Å². The van der Waals surface area contributed by atoms with Crippen LogP contribution in [0.4, 0.5) is 0 Å². The third-order valence-electron chi connectivity index (χ3n) is 1.39. The molecule has 0 amide bonds. The van der Waals surface area contributed by atoms with E-state index >= 15 is 0 Å². The van der Waals surface area contributed by atoms with Gasteiger partial charge in [-0.1, -0.05) is 6.07 Å². The normalized spacial score (nSPS) is 11.4. The van der Waals surface area contributed by atoms with Crippen LogP contribution in [0.2, 0.25) is 0 Å². The minimum absolute atomic E-state index is 0.476. The van der Waals surface area contributed by atoms with E-state index in [1.165, 1.54) is 13.1 Å². The molecule has 0 aliphatic heterocycles. The maximum absolute atomic E-state index is 10.6. The summed E-state index contributed by atoms with van der Waals surface area (Å²) in [6.07, 6.45) is 2.23. The monoisotopic (exact) mass is 176 g/mol. The van der Waals surface area contributed by atoms with Gasteiger partial charge in [-0.2, -0.15) is 5.26 Å². The molecule has 0 unspecified atom stereocenters. The Bertz CT molecular complexity index is 329. The second kappa shape index (κ2) is 4.21. The zero-order valence-corrected chi connectivity index (χ0v) is 7.10. The zero-order chi connectivity index (χ0) is 9.68. The summed E-state index contributed by atoms with van der Waals surface area (Å²) < 4.78 is 4.75. The molecule has 1 heterocycles. The maximum Gasteiger partial charge on any atom is 0.304 e. The second-order valence-corrected chi connectivity index (χ2v) is 2.40. The predicted octanol–water partition coefficient (Wildman–Crippen LogP) is 1.21. The molecule has 4 nitrogen and oxygen atoms in total. The van der Waals surface area contributed by atoms with Gasteiger partial charge in [-0.15, -0.1) is 0 Å². The lowest BCUT2D eigenvalue weighted by Gasteiger charge is -2.07. The fourth-order valence-corrected chi connectivity index (χ4v) is 0.866. The number of pyridine rings is 1. The average Bonchev–Trinajstić information content (AvgIpc) is 2.15. The van der Waals surface area contributed by atoms with Crippen molar-refractivity contribution in [3.05, 3.63) is 30.1 Å². The van der Waals surface area contributed by atoms with E-state index in [2.05, 4.69) is 4.98 Å². The molecule has 1 atom stereocenters. The Balaban J connectivity index is 2.80. The lowest BCUT2D eigenvalue weighted by atomic mass is 10.2. The summed E-state index contributed by atoms with van der Waals surface area (Å²) in [7, 11) is 0. The van der Waals surface area contributed by atoms with Gasteiger partial charge in [0.1, 0.15) is 6.07 Å². The van der Waals surface area contributed by atoms with Crippen LogP contribution < -0.4 is 0 Å². The van der Waals surface area contributed by atoms with Crippen molar-refractivity contribution in [3.63, 3.8) is 0 Å². The Morgan fingerprint density at radius 3 is 3.00 bits per heavy atom. The SMILES string of the molecule is CC(=O)O[C@@H](C#N)c1cccnc1. The van der Waals surface area contributed by atoms with Crippen molar-refractivity contribution in [2.75, 3.05) is 0 Å². The van der Waals surface area contributed by atoms with E-state index < -0.39 is 12.1 Å². The van der Waals surface area contributed by atoms with Crippen molar-refractivity contribution in [2.45, 2.75) is 13.0 Å². The number of ether oxygens (including phenoxy) is 1. The molecule has 0 N–H and O–H groups in total.